The Kier molecular flexibility index (Phi) is 6.78. The van der Waals surface area contributed by atoms with Gasteiger partial charge in [-0.25, -0.2) is 0 Å². The average Bonchev–Trinajstić information content (AvgIpc) is 3.30. The summed E-state index contributed by atoms with van der Waals surface area (Å²) in [5.41, 5.74) is 2.91. The number of hydrogen-bond acceptors (Lipinski definition) is 5. The van der Waals surface area contributed by atoms with E-state index in [1.807, 2.05) is 18.2 Å². The van der Waals surface area contributed by atoms with E-state index in [0.717, 1.165) is 49.5 Å². The molecule has 0 aromatic heterocycles. The standard InChI is InChI=1S/C25H32N2O4/c1-3-27(4-2)16-19-5-7-20(8-6-19)24(28)26-17-25(11-13-29-14-12-25)21-9-10-22-23(15-21)31-18-30-22/h5-10,15H,3-4,11-14,16-18H2,1-2H3,(H,26,28). The van der Waals surface area contributed by atoms with Crippen LogP contribution in [-0.2, 0) is 16.7 Å². The lowest BCUT2D eigenvalue weighted by Gasteiger charge is -2.38. The van der Waals surface area contributed by atoms with Crippen LogP contribution in [0, 0.1) is 0 Å². The molecular weight excluding hydrogens is 392 g/mol. The predicted octanol–water partition coefficient (Wildman–Crippen LogP) is 3.74. The van der Waals surface area contributed by atoms with E-state index in [4.69, 9.17) is 14.2 Å². The van der Waals surface area contributed by atoms with E-state index >= 15 is 0 Å². The maximum absolute atomic E-state index is 12.9. The first kappa shape index (κ1) is 21.7. The number of rotatable bonds is 8. The minimum absolute atomic E-state index is 0.0407. The van der Waals surface area contributed by atoms with Gasteiger partial charge in [-0.1, -0.05) is 32.0 Å². The SMILES string of the molecule is CCN(CC)Cc1ccc(C(=O)NCC2(c3ccc4c(c3)OCO4)CCOCC2)cc1. The molecule has 2 aliphatic heterocycles. The summed E-state index contributed by atoms with van der Waals surface area (Å²) in [6.07, 6.45) is 1.71. The van der Waals surface area contributed by atoms with Crippen LogP contribution < -0.4 is 14.8 Å². The average molecular weight is 425 g/mol. The Balaban J connectivity index is 1.44. The highest BCUT2D eigenvalue weighted by Crippen LogP contribution is 2.40. The Labute approximate surface area is 184 Å². The number of fused-ring (bicyclic) bond motifs is 1. The minimum atomic E-state index is -0.169. The van der Waals surface area contributed by atoms with Gasteiger partial charge in [0.05, 0.1) is 0 Å². The number of hydrogen-bond donors (Lipinski definition) is 1. The van der Waals surface area contributed by atoms with Crippen LogP contribution >= 0.6 is 0 Å². The molecule has 0 bridgehead atoms. The molecule has 2 aromatic carbocycles. The summed E-state index contributed by atoms with van der Waals surface area (Å²) < 4.78 is 16.7. The molecule has 1 amide bonds. The Morgan fingerprint density at radius 2 is 1.71 bits per heavy atom. The van der Waals surface area contributed by atoms with E-state index < -0.39 is 0 Å². The summed E-state index contributed by atoms with van der Waals surface area (Å²) in [4.78, 5) is 15.3. The highest BCUT2D eigenvalue weighted by atomic mass is 16.7. The van der Waals surface area contributed by atoms with E-state index in [9.17, 15) is 4.79 Å². The van der Waals surface area contributed by atoms with Crippen molar-refractivity contribution in [1.82, 2.24) is 10.2 Å². The number of benzene rings is 2. The molecule has 6 heteroatoms. The Morgan fingerprint density at radius 3 is 2.42 bits per heavy atom. The fraction of sp³-hybridized carbons (Fsp3) is 0.480. The molecule has 0 radical (unpaired) electrons. The summed E-state index contributed by atoms with van der Waals surface area (Å²) in [6.45, 7) is 9.47. The fourth-order valence-corrected chi connectivity index (χ4v) is 4.37. The van der Waals surface area contributed by atoms with Crippen molar-refractivity contribution in [2.45, 2.75) is 38.6 Å². The number of nitrogens with zero attached hydrogens (tertiary/aromatic N) is 1. The second-order valence-corrected chi connectivity index (χ2v) is 8.30. The van der Waals surface area contributed by atoms with Gasteiger partial charge in [-0.05, 0) is 61.3 Å². The van der Waals surface area contributed by atoms with Crippen LogP contribution in [0.3, 0.4) is 0 Å². The molecule has 0 atom stereocenters. The van der Waals surface area contributed by atoms with Gasteiger partial charge in [0, 0.05) is 37.3 Å². The summed E-state index contributed by atoms with van der Waals surface area (Å²) in [5.74, 6) is 1.51. The van der Waals surface area contributed by atoms with Gasteiger partial charge in [0.15, 0.2) is 11.5 Å². The maximum Gasteiger partial charge on any atom is 0.251 e. The molecule has 31 heavy (non-hydrogen) atoms. The predicted molar refractivity (Wildman–Crippen MR) is 120 cm³/mol. The van der Waals surface area contributed by atoms with Crippen LogP contribution in [0.2, 0.25) is 0 Å². The van der Waals surface area contributed by atoms with Gasteiger partial charge >= 0.3 is 0 Å². The third kappa shape index (κ3) is 4.86. The molecule has 166 valence electrons. The molecule has 2 aromatic rings. The van der Waals surface area contributed by atoms with E-state index in [1.165, 1.54) is 5.56 Å². The van der Waals surface area contributed by atoms with Crippen molar-refractivity contribution in [1.29, 1.82) is 0 Å². The van der Waals surface area contributed by atoms with Gasteiger partial charge in [0.25, 0.3) is 5.91 Å². The fourth-order valence-electron chi connectivity index (χ4n) is 4.37. The highest BCUT2D eigenvalue weighted by molar-refractivity contribution is 5.94. The molecule has 6 nitrogen and oxygen atoms in total. The highest BCUT2D eigenvalue weighted by Gasteiger charge is 2.36. The molecule has 0 saturated carbocycles. The van der Waals surface area contributed by atoms with Crippen molar-refractivity contribution < 1.29 is 19.0 Å². The van der Waals surface area contributed by atoms with Crippen molar-refractivity contribution in [3.05, 3.63) is 59.2 Å². The van der Waals surface area contributed by atoms with E-state index in [2.05, 4.69) is 48.3 Å². The maximum atomic E-state index is 12.9. The summed E-state index contributed by atoms with van der Waals surface area (Å²) in [5, 5.41) is 3.18. The van der Waals surface area contributed by atoms with E-state index in [-0.39, 0.29) is 18.1 Å². The number of nitrogens with one attached hydrogen (secondary N) is 1. The van der Waals surface area contributed by atoms with Crippen LogP contribution in [0.1, 0.15) is 48.2 Å². The lowest BCUT2D eigenvalue weighted by atomic mass is 9.74. The molecule has 1 saturated heterocycles. The van der Waals surface area contributed by atoms with Crippen molar-refractivity contribution in [2.24, 2.45) is 0 Å². The van der Waals surface area contributed by atoms with Crippen molar-refractivity contribution in [3.63, 3.8) is 0 Å². The molecule has 0 aliphatic carbocycles. The lowest BCUT2D eigenvalue weighted by Crippen LogP contribution is -2.44. The molecule has 2 aliphatic rings. The van der Waals surface area contributed by atoms with Crippen LogP contribution in [0.25, 0.3) is 0 Å². The van der Waals surface area contributed by atoms with Gasteiger partial charge in [-0.2, -0.15) is 0 Å². The number of ether oxygens (including phenoxy) is 3. The quantitative estimate of drug-likeness (QED) is 0.700. The normalized spacial score (nSPS) is 17.0. The zero-order valence-electron chi connectivity index (χ0n) is 18.5. The Bertz CT molecular complexity index is 887. The molecule has 1 fully saturated rings. The topological polar surface area (TPSA) is 60.0 Å². The molecule has 0 unspecified atom stereocenters. The zero-order chi connectivity index (χ0) is 21.7. The lowest BCUT2D eigenvalue weighted by molar-refractivity contribution is 0.0486. The summed E-state index contributed by atoms with van der Waals surface area (Å²) >= 11 is 0. The van der Waals surface area contributed by atoms with Crippen LogP contribution in [0.5, 0.6) is 11.5 Å². The van der Waals surface area contributed by atoms with Crippen LogP contribution in [0.15, 0.2) is 42.5 Å². The van der Waals surface area contributed by atoms with Crippen molar-refractivity contribution in [2.75, 3.05) is 39.6 Å². The number of carbonyl (C=O) groups is 1. The molecule has 0 spiro atoms. The summed E-state index contributed by atoms with van der Waals surface area (Å²) in [7, 11) is 0. The summed E-state index contributed by atoms with van der Waals surface area (Å²) in [6, 6.07) is 14.1. The second-order valence-electron chi connectivity index (χ2n) is 8.30. The van der Waals surface area contributed by atoms with Gasteiger partial charge in [0.1, 0.15) is 0 Å². The first-order chi connectivity index (χ1) is 15.1. The zero-order valence-corrected chi connectivity index (χ0v) is 18.5. The molecule has 2 heterocycles. The monoisotopic (exact) mass is 424 g/mol. The number of carbonyl (C=O) groups excluding carboxylic acids is 1. The largest absolute Gasteiger partial charge is 0.454 e. The van der Waals surface area contributed by atoms with E-state index in [1.54, 1.807) is 0 Å². The van der Waals surface area contributed by atoms with Gasteiger partial charge in [-0.15, -0.1) is 0 Å². The van der Waals surface area contributed by atoms with E-state index in [0.29, 0.717) is 25.3 Å². The molecule has 4 rings (SSSR count). The third-order valence-corrected chi connectivity index (χ3v) is 6.54. The third-order valence-electron chi connectivity index (χ3n) is 6.54. The minimum Gasteiger partial charge on any atom is -0.454 e. The smallest absolute Gasteiger partial charge is 0.251 e. The Morgan fingerprint density at radius 1 is 1.00 bits per heavy atom. The molecular formula is C25H32N2O4. The molecule has 1 N–H and O–H groups in total. The van der Waals surface area contributed by atoms with Gasteiger partial charge < -0.3 is 19.5 Å². The first-order valence-corrected chi connectivity index (χ1v) is 11.2. The number of amides is 1. The van der Waals surface area contributed by atoms with Gasteiger partial charge in [0.2, 0.25) is 6.79 Å². The van der Waals surface area contributed by atoms with Crippen molar-refractivity contribution >= 4 is 5.91 Å². The first-order valence-electron chi connectivity index (χ1n) is 11.2. The second kappa shape index (κ2) is 9.71. The Hall–Kier alpha value is -2.57. The van der Waals surface area contributed by atoms with Crippen LogP contribution in [-0.4, -0.2) is 50.4 Å². The van der Waals surface area contributed by atoms with Crippen molar-refractivity contribution in [3.8, 4) is 11.5 Å². The van der Waals surface area contributed by atoms with Crippen LogP contribution in [0.4, 0.5) is 0 Å². The van der Waals surface area contributed by atoms with Gasteiger partial charge in [-0.3, -0.25) is 9.69 Å².